The first-order chi connectivity index (χ1) is 13.0. The molecular formula is C22H22N4O. The van der Waals surface area contributed by atoms with Crippen LogP contribution in [0, 0.1) is 13.8 Å². The summed E-state index contributed by atoms with van der Waals surface area (Å²) in [5, 5.41) is 3.33. The van der Waals surface area contributed by atoms with Gasteiger partial charge >= 0.3 is 0 Å². The van der Waals surface area contributed by atoms with Crippen LogP contribution in [0.5, 0.6) is 0 Å². The Labute approximate surface area is 159 Å². The molecule has 1 aliphatic rings. The lowest BCUT2D eigenvalue weighted by atomic mass is 10.1. The molecule has 0 saturated heterocycles. The van der Waals surface area contributed by atoms with Gasteiger partial charge in [0.1, 0.15) is 17.8 Å². The molecule has 2 aromatic carbocycles. The van der Waals surface area contributed by atoms with Crippen molar-refractivity contribution >= 4 is 23.1 Å². The first-order valence-electron chi connectivity index (χ1n) is 9.11. The number of nitrogens with one attached hydrogen (secondary N) is 1. The van der Waals surface area contributed by atoms with Crippen LogP contribution < -0.4 is 10.2 Å². The number of hydrogen-bond donors (Lipinski definition) is 1. The third kappa shape index (κ3) is 3.16. The molecule has 1 aromatic heterocycles. The van der Waals surface area contributed by atoms with E-state index in [-0.39, 0.29) is 11.9 Å². The Hall–Kier alpha value is -3.21. The van der Waals surface area contributed by atoms with Crippen molar-refractivity contribution < 1.29 is 4.79 Å². The summed E-state index contributed by atoms with van der Waals surface area (Å²) in [7, 11) is 0. The Bertz CT molecular complexity index is 994. The Morgan fingerprint density at radius 3 is 2.59 bits per heavy atom. The topological polar surface area (TPSA) is 58.1 Å². The van der Waals surface area contributed by atoms with Gasteiger partial charge in [0.25, 0.3) is 5.91 Å². The molecule has 1 amide bonds. The predicted octanol–water partition coefficient (Wildman–Crippen LogP) is 4.43. The highest BCUT2D eigenvalue weighted by Gasteiger charge is 2.32. The first kappa shape index (κ1) is 17.2. The molecular weight excluding hydrogens is 336 g/mol. The zero-order valence-corrected chi connectivity index (χ0v) is 15.7. The number of amides is 1. The summed E-state index contributed by atoms with van der Waals surface area (Å²) in [5.74, 6) is 0.519. The maximum absolute atomic E-state index is 13.2. The van der Waals surface area contributed by atoms with Crippen molar-refractivity contribution in [2.24, 2.45) is 0 Å². The van der Waals surface area contributed by atoms with E-state index in [0.717, 1.165) is 28.9 Å². The van der Waals surface area contributed by atoms with Gasteiger partial charge in [-0.3, -0.25) is 4.79 Å². The van der Waals surface area contributed by atoms with E-state index in [0.29, 0.717) is 11.5 Å². The van der Waals surface area contributed by atoms with Gasteiger partial charge in [0.2, 0.25) is 0 Å². The normalized spacial score (nSPS) is 15.5. The van der Waals surface area contributed by atoms with Crippen LogP contribution in [0.3, 0.4) is 0 Å². The van der Waals surface area contributed by atoms with E-state index >= 15 is 0 Å². The summed E-state index contributed by atoms with van der Waals surface area (Å²) in [6.45, 7) is 6.16. The highest BCUT2D eigenvalue weighted by Crippen LogP contribution is 2.33. The molecule has 136 valence electrons. The van der Waals surface area contributed by atoms with Crippen molar-refractivity contribution in [2.75, 3.05) is 10.2 Å². The zero-order valence-electron chi connectivity index (χ0n) is 15.7. The number of hydrogen-bond acceptors (Lipinski definition) is 4. The molecule has 0 fully saturated rings. The highest BCUT2D eigenvalue weighted by molar-refractivity contribution is 6.06. The first-order valence-corrected chi connectivity index (χ1v) is 9.11. The van der Waals surface area contributed by atoms with Crippen molar-refractivity contribution in [1.29, 1.82) is 0 Å². The number of para-hydroxylation sites is 2. The number of rotatable bonds is 3. The van der Waals surface area contributed by atoms with Crippen LogP contribution in [0.1, 0.15) is 34.1 Å². The van der Waals surface area contributed by atoms with E-state index in [1.165, 1.54) is 11.9 Å². The largest absolute Gasteiger partial charge is 0.340 e. The summed E-state index contributed by atoms with van der Waals surface area (Å²) >= 11 is 0. The van der Waals surface area contributed by atoms with Gasteiger partial charge in [-0.25, -0.2) is 9.97 Å². The highest BCUT2D eigenvalue weighted by atomic mass is 16.2. The van der Waals surface area contributed by atoms with Gasteiger partial charge in [0.05, 0.1) is 0 Å². The average Bonchev–Trinajstić information content (AvgIpc) is 3.00. The molecule has 4 rings (SSSR count). The van der Waals surface area contributed by atoms with Crippen LogP contribution in [0.4, 0.5) is 17.2 Å². The van der Waals surface area contributed by atoms with E-state index in [2.05, 4.69) is 28.3 Å². The van der Waals surface area contributed by atoms with Gasteiger partial charge in [-0.05, 0) is 49.9 Å². The smallest absolute Gasteiger partial charge is 0.277 e. The third-order valence-electron chi connectivity index (χ3n) is 5.05. The lowest BCUT2D eigenvalue weighted by molar-refractivity contribution is 0.0976. The average molecular weight is 358 g/mol. The number of anilines is 3. The van der Waals surface area contributed by atoms with Gasteiger partial charge < -0.3 is 10.2 Å². The molecule has 0 saturated carbocycles. The second-order valence-electron chi connectivity index (χ2n) is 7.04. The predicted molar refractivity (Wildman–Crippen MR) is 108 cm³/mol. The van der Waals surface area contributed by atoms with E-state index in [1.54, 1.807) is 6.07 Å². The minimum atomic E-state index is -0.0978. The van der Waals surface area contributed by atoms with Crippen LogP contribution in [0.25, 0.3) is 0 Å². The van der Waals surface area contributed by atoms with Crippen LogP contribution in [-0.4, -0.2) is 21.9 Å². The number of aromatic nitrogens is 2. The van der Waals surface area contributed by atoms with Crippen LogP contribution in [0.2, 0.25) is 0 Å². The van der Waals surface area contributed by atoms with Gasteiger partial charge in [0, 0.05) is 23.5 Å². The maximum Gasteiger partial charge on any atom is 0.277 e. The van der Waals surface area contributed by atoms with Gasteiger partial charge in [-0.15, -0.1) is 0 Å². The standard InChI is InChI=1S/C22H22N4O/c1-14-7-6-8-15(2)21(14)25-20-12-18(23-13-24-20)22(27)26-16(3)11-17-9-4-5-10-19(17)26/h4-10,12-13,16H,11H2,1-3H3,(H,23,24,25). The summed E-state index contributed by atoms with van der Waals surface area (Å²) < 4.78 is 0. The molecule has 0 bridgehead atoms. The number of fused-ring (bicyclic) bond motifs is 1. The molecule has 0 aliphatic carbocycles. The van der Waals surface area contributed by atoms with Crippen LogP contribution in [-0.2, 0) is 6.42 Å². The molecule has 0 spiro atoms. The molecule has 5 heteroatoms. The van der Waals surface area contributed by atoms with Gasteiger partial charge in [-0.1, -0.05) is 36.4 Å². The summed E-state index contributed by atoms with van der Waals surface area (Å²) in [5.41, 5.74) is 5.82. The monoisotopic (exact) mass is 358 g/mol. The minimum Gasteiger partial charge on any atom is -0.340 e. The van der Waals surface area contributed by atoms with E-state index in [1.807, 2.05) is 55.1 Å². The molecule has 5 nitrogen and oxygen atoms in total. The zero-order chi connectivity index (χ0) is 19.0. The van der Waals surface area contributed by atoms with Crippen molar-refractivity contribution in [3.05, 3.63) is 77.2 Å². The molecule has 2 heterocycles. The van der Waals surface area contributed by atoms with Crippen molar-refractivity contribution in [3.8, 4) is 0 Å². The minimum absolute atomic E-state index is 0.0978. The van der Waals surface area contributed by atoms with Crippen molar-refractivity contribution in [3.63, 3.8) is 0 Å². The fourth-order valence-corrected chi connectivity index (χ4v) is 3.68. The fourth-order valence-electron chi connectivity index (χ4n) is 3.68. The van der Waals surface area contributed by atoms with Crippen LogP contribution in [0.15, 0.2) is 54.9 Å². The molecule has 1 atom stereocenters. The summed E-state index contributed by atoms with van der Waals surface area (Å²) in [4.78, 5) is 23.5. The van der Waals surface area contributed by atoms with Gasteiger partial charge in [0.15, 0.2) is 0 Å². The quantitative estimate of drug-likeness (QED) is 0.752. The molecule has 1 aliphatic heterocycles. The summed E-state index contributed by atoms with van der Waals surface area (Å²) in [6.07, 6.45) is 2.30. The lowest BCUT2D eigenvalue weighted by Gasteiger charge is -2.22. The molecule has 0 radical (unpaired) electrons. The second kappa shape index (κ2) is 6.83. The Kier molecular flexibility index (Phi) is 4.36. The second-order valence-corrected chi connectivity index (χ2v) is 7.04. The third-order valence-corrected chi connectivity index (χ3v) is 5.05. The van der Waals surface area contributed by atoms with Crippen LogP contribution >= 0.6 is 0 Å². The lowest BCUT2D eigenvalue weighted by Crippen LogP contribution is -2.36. The van der Waals surface area contributed by atoms with Crippen molar-refractivity contribution in [1.82, 2.24) is 9.97 Å². The van der Waals surface area contributed by atoms with E-state index in [9.17, 15) is 4.79 Å². The molecule has 3 aromatic rings. The fraction of sp³-hybridized carbons (Fsp3) is 0.227. The van der Waals surface area contributed by atoms with E-state index in [4.69, 9.17) is 0 Å². The van der Waals surface area contributed by atoms with E-state index < -0.39 is 0 Å². The molecule has 1 N–H and O–H groups in total. The molecule has 27 heavy (non-hydrogen) atoms. The Balaban J connectivity index is 1.64. The molecule has 1 unspecified atom stereocenters. The number of carbonyl (C=O) groups excluding carboxylic acids is 1. The Morgan fingerprint density at radius 1 is 1.07 bits per heavy atom. The number of nitrogens with zero attached hydrogens (tertiary/aromatic N) is 3. The SMILES string of the molecule is Cc1cccc(C)c1Nc1cc(C(=O)N2c3ccccc3CC2C)ncn1. The number of benzene rings is 2. The van der Waals surface area contributed by atoms with Crippen molar-refractivity contribution in [2.45, 2.75) is 33.2 Å². The number of carbonyl (C=O) groups is 1. The maximum atomic E-state index is 13.2. The summed E-state index contributed by atoms with van der Waals surface area (Å²) in [6, 6.07) is 16.0. The number of aryl methyl sites for hydroxylation is 2. The Morgan fingerprint density at radius 2 is 1.81 bits per heavy atom. The van der Waals surface area contributed by atoms with Gasteiger partial charge in [-0.2, -0.15) is 0 Å².